The summed E-state index contributed by atoms with van der Waals surface area (Å²) in [5, 5.41) is 3.78. The van der Waals surface area contributed by atoms with Crippen LogP contribution in [0.25, 0.3) is 10.9 Å². The monoisotopic (exact) mass is 489 g/mol. The molecule has 0 saturated carbocycles. The minimum atomic E-state index is -3.46. The number of nitrogens with zero attached hydrogens (tertiary/aromatic N) is 2. The van der Waals surface area contributed by atoms with Crippen LogP contribution in [-0.4, -0.2) is 36.3 Å². The number of halogens is 1. The van der Waals surface area contributed by atoms with Gasteiger partial charge >= 0.3 is 0 Å². The Morgan fingerprint density at radius 3 is 2.63 bits per heavy atom. The second kappa shape index (κ2) is 8.53. The van der Waals surface area contributed by atoms with E-state index in [1.165, 1.54) is 0 Å². The first-order chi connectivity index (χ1) is 14.4. The summed E-state index contributed by atoms with van der Waals surface area (Å²) >= 11 is 3.44. The number of rotatable bonds is 6. The van der Waals surface area contributed by atoms with E-state index in [-0.39, 0.29) is 5.91 Å². The lowest BCUT2D eigenvalue weighted by molar-refractivity contribution is -0.123. The van der Waals surface area contributed by atoms with Gasteiger partial charge in [-0.15, -0.1) is 0 Å². The smallest absolute Gasteiger partial charge is 0.243 e. The van der Waals surface area contributed by atoms with Gasteiger partial charge < -0.3 is 9.88 Å². The summed E-state index contributed by atoms with van der Waals surface area (Å²) < 4.78 is 30.0. The molecule has 1 saturated heterocycles. The Morgan fingerprint density at radius 2 is 1.90 bits per heavy atom. The van der Waals surface area contributed by atoms with Crippen LogP contribution >= 0.6 is 15.9 Å². The molecule has 8 heteroatoms. The normalized spacial score (nSPS) is 16.1. The summed E-state index contributed by atoms with van der Waals surface area (Å²) in [7, 11) is -3.46. The van der Waals surface area contributed by atoms with Crippen molar-refractivity contribution in [2.45, 2.75) is 37.2 Å². The third-order valence-corrected chi connectivity index (χ3v) is 7.94. The van der Waals surface area contributed by atoms with Crippen molar-refractivity contribution in [1.29, 1.82) is 0 Å². The van der Waals surface area contributed by atoms with Crippen molar-refractivity contribution in [2.24, 2.45) is 0 Å². The summed E-state index contributed by atoms with van der Waals surface area (Å²) in [6.45, 7) is 3.44. The van der Waals surface area contributed by atoms with E-state index in [1.54, 1.807) is 22.5 Å². The zero-order valence-electron chi connectivity index (χ0n) is 16.7. The van der Waals surface area contributed by atoms with Gasteiger partial charge in [0.2, 0.25) is 15.9 Å². The molecular formula is C22H24BrN3O3S. The Morgan fingerprint density at radius 1 is 1.13 bits per heavy atom. The third kappa shape index (κ3) is 4.17. The van der Waals surface area contributed by atoms with E-state index in [0.29, 0.717) is 24.5 Å². The molecule has 0 bridgehead atoms. The number of sulfonamides is 1. The van der Waals surface area contributed by atoms with Gasteiger partial charge in [-0.25, -0.2) is 8.42 Å². The van der Waals surface area contributed by atoms with Crippen molar-refractivity contribution >= 4 is 42.8 Å². The highest BCUT2D eigenvalue weighted by atomic mass is 79.9. The van der Waals surface area contributed by atoms with Gasteiger partial charge in [0.15, 0.2) is 0 Å². The molecule has 1 N–H and O–H groups in total. The molecule has 4 rings (SSSR count). The summed E-state index contributed by atoms with van der Waals surface area (Å²) in [5.41, 5.74) is 1.85. The number of carbonyl (C=O) groups is 1. The first kappa shape index (κ1) is 21.1. The maximum Gasteiger partial charge on any atom is 0.243 e. The number of carbonyl (C=O) groups excluding carboxylic acids is 1. The van der Waals surface area contributed by atoms with Crippen LogP contribution in [0, 0.1) is 0 Å². The van der Waals surface area contributed by atoms with Crippen LogP contribution in [0.3, 0.4) is 0 Å². The Kier molecular flexibility index (Phi) is 5.99. The Hall–Kier alpha value is -2.16. The number of hydrogen-bond donors (Lipinski definition) is 1. The van der Waals surface area contributed by atoms with Gasteiger partial charge in [0.05, 0.1) is 4.90 Å². The molecule has 30 heavy (non-hydrogen) atoms. The Bertz CT molecular complexity index is 1180. The predicted octanol–water partition coefficient (Wildman–Crippen LogP) is 4.07. The van der Waals surface area contributed by atoms with E-state index in [0.717, 1.165) is 33.8 Å². The molecule has 0 spiro atoms. The zero-order valence-corrected chi connectivity index (χ0v) is 19.1. The van der Waals surface area contributed by atoms with E-state index in [4.69, 9.17) is 0 Å². The Labute approximate surface area is 185 Å². The molecule has 1 aliphatic heterocycles. The predicted molar refractivity (Wildman–Crippen MR) is 121 cm³/mol. The standard InChI is InChI=1S/C22H24BrN3O3S/c1-16(22(27)24-15-17-5-4-6-19(23)13-17)26-12-9-18-14-20(7-8-21(18)26)30(28,29)25-10-2-3-11-25/h4-9,12-14,16H,2-3,10-11,15H2,1H3,(H,24,27)/t16-/m0/s1. The molecular weight excluding hydrogens is 466 g/mol. The number of nitrogens with one attached hydrogen (secondary N) is 1. The number of hydrogen-bond acceptors (Lipinski definition) is 3. The minimum absolute atomic E-state index is 0.0961. The van der Waals surface area contributed by atoms with E-state index in [1.807, 2.05) is 48.0 Å². The summed E-state index contributed by atoms with van der Waals surface area (Å²) in [6, 6.07) is 14.4. The second-order valence-electron chi connectivity index (χ2n) is 7.58. The molecule has 0 aliphatic carbocycles. The topological polar surface area (TPSA) is 71.4 Å². The number of aromatic nitrogens is 1. The van der Waals surface area contributed by atoms with E-state index >= 15 is 0 Å². The van der Waals surface area contributed by atoms with Gasteiger partial charge in [0, 0.05) is 41.2 Å². The highest BCUT2D eigenvalue weighted by Crippen LogP contribution is 2.27. The van der Waals surface area contributed by atoms with Gasteiger partial charge in [-0.3, -0.25) is 4.79 Å². The fourth-order valence-corrected chi connectivity index (χ4v) is 5.83. The largest absolute Gasteiger partial charge is 0.350 e. The quantitative estimate of drug-likeness (QED) is 0.567. The average Bonchev–Trinajstić information content (AvgIpc) is 3.41. The molecule has 1 amide bonds. The maximum atomic E-state index is 12.8. The van der Waals surface area contributed by atoms with Gasteiger partial charge in [-0.2, -0.15) is 4.31 Å². The Balaban J connectivity index is 1.52. The molecule has 1 fully saturated rings. The molecule has 1 aliphatic rings. The van der Waals surface area contributed by atoms with Crippen LogP contribution in [0.1, 0.15) is 31.4 Å². The molecule has 158 valence electrons. The maximum absolute atomic E-state index is 12.8. The van der Waals surface area contributed by atoms with Crippen LogP contribution in [0.2, 0.25) is 0 Å². The average molecular weight is 490 g/mol. The van der Waals surface area contributed by atoms with E-state index in [9.17, 15) is 13.2 Å². The lowest BCUT2D eigenvalue weighted by Gasteiger charge is -2.17. The van der Waals surface area contributed by atoms with Crippen molar-refractivity contribution in [1.82, 2.24) is 14.2 Å². The van der Waals surface area contributed by atoms with Crippen molar-refractivity contribution in [3.63, 3.8) is 0 Å². The van der Waals surface area contributed by atoms with Crippen LogP contribution in [0.4, 0.5) is 0 Å². The van der Waals surface area contributed by atoms with Gasteiger partial charge in [-0.1, -0.05) is 28.1 Å². The van der Waals surface area contributed by atoms with Crippen LogP contribution in [0.5, 0.6) is 0 Å². The minimum Gasteiger partial charge on any atom is -0.350 e. The molecule has 3 aromatic rings. The highest BCUT2D eigenvalue weighted by molar-refractivity contribution is 9.10. The van der Waals surface area contributed by atoms with Crippen molar-refractivity contribution in [3.05, 3.63) is 64.8 Å². The molecule has 1 atom stereocenters. The van der Waals surface area contributed by atoms with Crippen LogP contribution in [-0.2, 0) is 21.4 Å². The zero-order chi connectivity index (χ0) is 21.3. The lowest BCUT2D eigenvalue weighted by atomic mass is 10.2. The number of benzene rings is 2. The lowest BCUT2D eigenvalue weighted by Crippen LogP contribution is -2.30. The fraction of sp³-hybridized carbons (Fsp3) is 0.318. The summed E-state index contributed by atoms with van der Waals surface area (Å²) in [6.07, 6.45) is 3.65. The fourth-order valence-electron chi connectivity index (χ4n) is 3.83. The van der Waals surface area contributed by atoms with Crippen molar-refractivity contribution in [2.75, 3.05) is 13.1 Å². The van der Waals surface area contributed by atoms with Gasteiger partial charge in [0.1, 0.15) is 6.04 Å². The van der Waals surface area contributed by atoms with E-state index in [2.05, 4.69) is 21.2 Å². The molecule has 2 aromatic carbocycles. The first-order valence-electron chi connectivity index (χ1n) is 9.99. The van der Waals surface area contributed by atoms with Gasteiger partial charge in [-0.05, 0) is 61.7 Å². The third-order valence-electron chi connectivity index (χ3n) is 5.55. The highest BCUT2D eigenvalue weighted by Gasteiger charge is 2.27. The van der Waals surface area contributed by atoms with E-state index < -0.39 is 16.1 Å². The molecule has 0 radical (unpaired) electrons. The molecule has 2 heterocycles. The SMILES string of the molecule is C[C@@H](C(=O)NCc1cccc(Br)c1)n1ccc2cc(S(=O)(=O)N3CCCC3)ccc21. The van der Waals surface area contributed by atoms with Crippen molar-refractivity contribution in [3.8, 4) is 0 Å². The van der Waals surface area contributed by atoms with Gasteiger partial charge in [0.25, 0.3) is 0 Å². The number of fused-ring (bicyclic) bond motifs is 1. The molecule has 1 aromatic heterocycles. The summed E-state index contributed by atoms with van der Waals surface area (Å²) in [4.78, 5) is 13.0. The molecule has 6 nitrogen and oxygen atoms in total. The first-order valence-corrected chi connectivity index (χ1v) is 12.2. The van der Waals surface area contributed by atoms with Crippen LogP contribution in [0.15, 0.2) is 64.1 Å². The number of amides is 1. The van der Waals surface area contributed by atoms with Crippen molar-refractivity contribution < 1.29 is 13.2 Å². The van der Waals surface area contributed by atoms with Crippen LogP contribution < -0.4 is 5.32 Å². The molecule has 0 unspecified atom stereocenters. The summed E-state index contributed by atoms with van der Waals surface area (Å²) in [5.74, 6) is -0.0961. The second-order valence-corrected chi connectivity index (χ2v) is 10.4.